The molecule has 1 aliphatic heterocycles. The summed E-state index contributed by atoms with van der Waals surface area (Å²) in [4.78, 5) is 2.63. The molecule has 2 aliphatic rings. The summed E-state index contributed by atoms with van der Waals surface area (Å²) in [6, 6.07) is 0.812. The van der Waals surface area contributed by atoms with Gasteiger partial charge in [-0.15, -0.1) is 0 Å². The lowest BCUT2D eigenvalue weighted by Crippen LogP contribution is -2.58. The molecule has 1 heterocycles. The van der Waals surface area contributed by atoms with Gasteiger partial charge in [0, 0.05) is 23.9 Å². The summed E-state index contributed by atoms with van der Waals surface area (Å²) < 4.78 is 0. The molecular weight excluding hydrogens is 204 g/mol. The van der Waals surface area contributed by atoms with Crippen molar-refractivity contribution in [1.82, 2.24) is 4.90 Å². The molecule has 1 saturated heterocycles. The van der Waals surface area contributed by atoms with Crippen LogP contribution in [0.4, 0.5) is 0 Å². The first-order valence-electron chi connectivity index (χ1n) is 6.29. The summed E-state index contributed by atoms with van der Waals surface area (Å²) in [5.41, 5.74) is 6.37. The van der Waals surface area contributed by atoms with E-state index in [1.807, 2.05) is 0 Å². The van der Waals surface area contributed by atoms with Crippen LogP contribution in [0, 0.1) is 0 Å². The van der Waals surface area contributed by atoms with Gasteiger partial charge in [0.15, 0.2) is 0 Å². The van der Waals surface area contributed by atoms with Gasteiger partial charge in [0.2, 0.25) is 0 Å². The van der Waals surface area contributed by atoms with Crippen LogP contribution in [0.1, 0.15) is 38.5 Å². The lowest BCUT2D eigenvalue weighted by molar-refractivity contribution is 0.0875. The molecule has 0 aromatic heterocycles. The zero-order valence-corrected chi connectivity index (χ0v) is 10.7. The maximum absolute atomic E-state index is 6.05. The fourth-order valence-corrected chi connectivity index (χ4v) is 4.44. The van der Waals surface area contributed by atoms with Crippen molar-refractivity contribution in [3.05, 3.63) is 0 Å². The van der Waals surface area contributed by atoms with E-state index < -0.39 is 0 Å². The van der Waals surface area contributed by atoms with E-state index in [2.05, 4.69) is 23.7 Å². The molecule has 15 heavy (non-hydrogen) atoms. The average Bonchev–Trinajstić information content (AvgIpc) is 2.82. The van der Waals surface area contributed by atoms with Gasteiger partial charge < -0.3 is 5.73 Å². The van der Waals surface area contributed by atoms with Crippen LogP contribution >= 0.6 is 11.8 Å². The summed E-state index contributed by atoms with van der Waals surface area (Å²) in [5, 5.41) is 0. The Morgan fingerprint density at radius 3 is 2.60 bits per heavy atom. The largest absolute Gasteiger partial charge is 0.329 e. The summed E-state index contributed by atoms with van der Waals surface area (Å²) in [6.07, 6.45) is 8.28. The van der Waals surface area contributed by atoms with Crippen molar-refractivity contribution >= 4 is 11.8 Å². The molecule has 1 aliphatic carbocycles. The highest BCUT2D eigenvalue weighted by Gasteiger charge is 2.38. The third-order valence-electron chi connectivity index (χ3n) is 4.30. The van der Waals surface area contributed by atoms with Crippen molar-refractivity contribution in [2.75, 3.05) is 25.1 Å². The second-order valence-electron chi connectivity index (χ2n) is 5.13. The number of hydrogen-bond donors (Lipinski definition) is 1. The second kappa shape index (κ2) is 5.07. The number of rotatable bonds is 3. The number of hydrogen-bond acceptors (Lipinski definition) is 3. The highest BCUT2D eigenvalue weighted by atomic mass is 32.2. The van der Waals surface area contributed by atoms with Gasteiger partial charge >= 0.3 is 0 Å². The number of likely N-dealkylation sites (N-methyl/N-ethyl adjacent to an activating group) is 1. The van der Waals surface area contributed by atoms with Crippen molar-refractivity contribution in [1.29, 1.82) is 0 Å². The Morgan fingerprint density at radius 2 is 2.07 bits per heavy atom. The van der Waals surface area contributed by atoms with Crippen LogP contribution in [0.15, 0.2) is 0 Å². The van der Waals surface area contributed by atoms with Crippen LogP contribution in [0.3, 0.4) is 0 Å². The first-order valence-corrected chi connectivity index (χ1v) is 7.45. The molecule has 1 unspecified atom stereocenters. The summed E-state index contributed by atoms with van der Waals surface area (Å²) >= 11 is 2.09. The zero-order chi connectivity index (χ0) is 10.7. The Kier molecular flexibility index (Phi) is 3.97. The third-order valence-corrected chi connectivity index (χ3v) is 5.62. The van der Waals surface area contributed by atoms with E-state index in [1.165, 1.54) is 50.0 Å². The maximum atomic E-state index is 6.05. The van der Waals surface area contributed by atoms with Gasteiger partial charge in [0.1, 0.15) is 0 Å². The van der Waals surface area contributed by atoms with Crippen molar-refractivity contribution in [3.8, 4) is 0 Å². The molecule has 2 fully saturated rings. The van der Waals surface area contributed by atoms with Gasteiger partial charge in [-0.1, -0.05) is 12.8 Å². The lowest BCUT2D eigenvalue weighted by atomic mass is 9.91. The molecule has 0 spiro atoms. The highest BCUT2D eigenvalue weighted by Crippen LogP contribution is 2.35. The van der Waals surface area contributed by atoms with Gasteiger partial charge in [-0.2, -0.15) is 11.8 Å². The van der Waals surface area contributed by atoms with Crippen LogP contribution in [-0.4, -0.2) is 41.6 Å². The molecular formula is C12H24N2S. The minimum atomic E-state index is 0.317. The minimum Gasteiger partial charge on any atom is -0.329 e. The Bertz CT molecular complexity index is 196. The molecule has 1 atom stereocenters. The van der Waals surface area contributed by atoms with Crippen molar-refractivity contribution in [3.63, 3.8) is 0 Å². The summed E-state index contributed by atoms with van der Waals surface area (Å²) in [7, 11) is 2.31. The normalized spacial score (nSPS) is 33.8. The lowest BCUT2D eigenvalue weighted by Gasteiger charge is -2.46. The van der Waals surface area contributed by atoms with Crippen LogP contribution < -0.4 is 5.73 Å². The predicted octanol–water partition coefficient (Wildman–Crippen LogP) is 2.09. The molecule has 0 radical (unpaired) electrons. The number of nitrogens with zero attached hydrogens (tertiary/aromatic N) is 1. The van der Waals surface area contributed by atoms with Gasteiger partial charge in [-0.05, 0) is 38.5 Å². The Morgan fingerprint density at radius 1 is 1.33 bits per heavy atom. The number of thioether (sulfide) groups is 1. The van der Waals surface area contributed by atoms with Crippen molar-refractivity contribution < 1.29 is 0 Å². The van der Waals surface area contributed by atoms with E-state index in [9.17, 15) is 0 Å². The van der Waals surface area contributed by atoms with E-state index in [0.29, 0.717) is 5.54 Å². The first-order chi connectivity index (χ1) is 7.28. The van der Waals surface area contributed by atoms with Crippen LogP contribution in [0.25, 0.3) is 0 Å². The molecule has 2 N–H and O–H groups in total. The van der Waals surface area contributed by atoms with E-state index in [1.54, 1.807) is 0 Å². The quantitative estimate of drug-likeness (QED) is 0.802. The standard InChI is InChI=1S/C12H24N2S/c1-14(11-5-2-3-6-11)12(9-13)7-4-8-15-10-12/h11H,2-10,13H2,1H3. The van der Waals surface area contributed by atoms with Crippen molar-refractivity contribution in [2.45, 2.75) is 50.1 Å². The zero-order valence-electron chi connectivity index (χ0n) is 9.87. The molecule has 2 nitrogen and oxygen atoms in total. The third kappa shape index (κ3) is 2.34. The fourth-order valence-electron chi connectivity index (χ4n) is 3.10. The molecule has 88 valence electrons. The molecule has 0 aromatic carbocycles. The van der Waals surface area contributed by atoms with E-state index in [4.69, 9.17) is 5.73 Å². The molecule has 0 amide bonds. The average molecular weight is 228 g/mol. The SMILES string of the molecule is CN(C1CCCC1)C1(CN)CCCSC1. The molecule has 3 heteroatoms. The Hall–Kier alpha value is 0.270. The summed E-state index contributed by atoms with van der Waals surface area (Å²) in [5.74, 6) is 2.58. The smallest absolute Gasteiger partial charge is 0.0422 e. The highest BCUT2D eigenvalue weighted by molar-refractivity contribution is 7.99. The Balaban J connectivity index is 2.02. The first kappa shape index (κ1) is 11.7. The van der Waals surface area contributed by atoms with Gasteiger partial charge in [0.25, 0.3) is 0 Å². The van der Waals surface area contributed by atoms with Crippen LogP contribution in [-0.2, 0) is 0 Å². The molecule has 1 saturated carbocycles. The maximum Gasteiger partial charge on any atom is 0.0422 e. The van der Waals surface area contributed by atoms with Gasteiger partial charge in [0.05, 0.1) is 0 Å². The second-order valence-corrected chi connectivity index (χ2v) is 6.24. The van der Waals surface area contributed by atoms with E-state index >= 15 is 0 Å². The van der Waals surface area contributed by atoms with Crippen molar-refractivity contribution in [2.24, 2.45) is 5.73 Å². The van der Waals surface area contributed by atoms with Gasteiger partial charge in [-0.25, -0.2) is 0 Å². The number of nitrogens with two attached hydrogens (primary N) is 1. The van der Waals surface area contributed by atoms with Crippen LogP contribution in [0.2, 0.25) is 0 Å². The van der Waals surface area contributed by atoms with E-state index in [0.717, 1.165) is 12.6 Å². The van der Waals surface area contributed by atoms with Gasteiger partial charge in [-0.3, -0.25) is 4.90 Å². The summed E-state index contributed by atoms with van der Waals surface area (Å²) in [6.45, 7) is 0.840. The topological polar surface area (TPSA) is 29.3 Å². The van der Waals surface area contributed by atoms with E-state index in [-0.39, 0.29) is 0 Å². The fraction of sp³-hybridized carbons (Fsp3) is 1.00. The minimum absolute atomic E-state index is 0.317. The molecule has 0 bridgehead atoms. The molecule has 2 rings (SSSR count). The monoisotopic (exact) mass is 228 g/mol. The predicted molar refractivity (Wildman–Crippen MR) is 68.4 cm³/mol. The van der Waals surface area contributed by atoms with Crippen LogP contribution in [0.5, 0.6) is 0 Å². The molecule has 0 aromatic rings. The Labute approximate surface area is 98.0 Å².